The van der Waals surface area contributed by atoms with Gasteiger partial charge in [0.05, 0.1) is 12.3 Å². The third-order valence-electron chi connectivity index (χ3n) is 2.78. The lowest BCUT2D eigenvalue weighted by atomic mass is 10.2. The number of aromatic nitrogens is 3. The molecule has 2 aromatic carbocycles. The summed E-state index contributed by atoms with van der Waals surface area (Å²) in [5, 5.41) is 13.2. The highest BCUT2D eigenvalue weighted by atomic mass is 16.5. The van der Waals surface area contributed by atoms with E-state index in [-0.39, 0.29) is 11.4 Å². The van der Waals surface area contributed by atoms with E-state index in [0.29, 0.717) is 23.3 Å². The van der Waals surface area contributed by atoms with Crippen molar-refractivity contribution in [1.82, 2.24) is 15.4 Å². The summed E-state index contributed by atoms with van der Waals surface area (Å²) in [5.74, 6) is 0.0805. The normalized spacial score (nSPS) is 11.0. The molecule has 0 amide bonds. The molecule has 2 N–H and O–H groups in total. The molecule has 0 unspecified atom stereocenters. The van der Waals surface area contributed by atoms with Crippen molar-refractivity contribution in [1.29, 1.82) is 0 Å². The Balaban J connectivity index is 2.02. The smallest absolute Gasteiger partial charge is 0.272 e. The fraction of sp³-hybridized carbons (Fsp3) is 0.167. The van der Waals surface area contributed by atoms with Crippen LogP contribution in [0, 0.1) is 0 Å². The Morgan fingerprint density at radius 2 is 2.16 bits per heavy atom. The maximum Gasteiger partial charge on any atom is 0.272 e. The van der Waals surface area contributed by atoms with E-state index < -0.39 is 10.9 Å². The summed E-state index contributed by atoms with van der Waals surface area (Å²) in [5.41, 5.74) is 0.955. The molecule has 1 heterocycles. The van der Waals surface area contributed by atoms with Gasteiger partial charge in [-0.05, 0) is 19.1 Å². The van der Waals surface area contributed by atoms with E-state index in [2.05, 4.69) is 20.7 Å². The molecule has 0 aliphatic carbocycles. The molecule has 0 aliphatic heterocycles. The predicted molar refractivity (Wildman–Crippen MR) is 69.7 cm³/mol. The Morgan fingerprint density at radius 3 is 2.95 bits per heavy atom. The topological polar surface area (TPSA) is 97.0 Å². The number of hydrogen-bond acceptors (Lipinski definition) is 6. The van der Waals surface area contributed by atoms with E-state index in [1.807, 2.05) is 0 Å². The van der Waals surface area contributed by atoms with Crippen LogP contribution in [0.5, 0.6) is 5.75 Å². The number of benzene rings is 1. The van der Waals surface area contributed by atoms with Crippen LogP contribution in [0.2, 0.25) is 0 Å². The first-order chi connectivity index (χ1) is 9.22. The molecule has 0 saturated heterocycles. The summed E-state index contributed by atoms with van der Waals surface area (Å²) in [6.07, 6.45) is 0. The van der Waals surface area contributed by atoms with Gasteiger partial charge in [-0.25, -0.2) is 0 Å². The summed E-state index contributed by atoms with van der Waals surface area (Å²) in [6, 6.07) is 5.32. The Kier molecular flexibility index (Phi) is 2.52. The van der Waals surface area contributed by atoms with Crippen molar-refractivity contribution in [3.8, 4) is 5.75 Å². The zero-order valence-electron chi connectivity index (χ0n) is 10.1. The third kappa shape index (κ3) is 1.67. The monoisotopic (exact) mass is 258 g/mol. The van der Waals surface area contributed by atoms with E-state index in [1.165, 1.54) is 0 Å². The van der Waals surface area contributed by atoms with Gasteiger partial charge in [0.15, 0.2) is 5.75 Å². The summed E-state index contributed by atoms with van der Waals surface area (Å²) in [7, 11) is 0. The molecular weight excluding hydrogens is 248 g/mol. The van der Waals surface area contributed by atoms with Gasteiger partial charge in [-0.15, -0.1) is 5.10 Å². The number of ether oxygens (including phenoxy) is 1. The van der Waals surface area contributed by atoms with Gasteiger partial charge in [0, 0.05) is 0 Å². The molecule has 0 radical (unpaired) electrons. The average molecular weight is 258 g/mol. The number of fused-ring (bicyclic) bond motifs is 1. The van der Waals surface area contributed by atoms with Crippen LogP contribution in [0.1, 0.15) is 6.92 Å². The van der Waals surface area contributed by atoms with Crippen molar-refractivity contribution >= 4 is 22.4 Å². The van der Waals surface area contributed by atoms with E-state index in [1.54, 1.807) is 25.1 Å². The highest BCUT2D eigenvalue weighted by molar-refractivity contribution is 5.90. The molecule has 7 heteroatoms. The first kappa shape index (κ1) is 11.4. The molecule has 7 nitrogen and oxygen atoms in total. The standard InChI is InChI=1S/C12H10N4O3/c1-2-19-12-9(10(17)11(12)18)13-6-4-3-5-7-8(6)15-16-14-7/h3-5,13H,2H2,1H3,(H,14,15,16). The molecule has 1 aromatic heterocycles. The van der Waals surface area contributed by atoms with E-state index in [4.69, 9.17) is 4.74 Å². The lowest BCUT2D eigenvalue weighted by Gasteiger charge is -2.13. The fourth-order valence-corrected chi connectivity index (χ4v) is 1.88. The fourth-order valence-electron chi connectivity index (χ4n) is 1.88. The van der Waals surface area contributed by atoms with Gasteiger partial charge in [0.25, 0.3) is 10.9 Å². The SMILES string of the molecule is CCOc1c(Nc2cccc3nn[nH]c23)c(=O)c1=O. The predicted octanol–water partition coefficient (Wildman–Crippen LogP) is 0.696. The van der Waals surface area contributed by atoms with Gasteiger partial charge in [0.2, 0.25) is 0 Å². The van der Waals surface area contributed by atoms with Crippen LogP contribution < -0.4 is 20.9 Å². The number of hydrogen-bond donors (Lipinski definition) is 2. The first-order valence-corrected chi connectivity index (χ1v) is 5.75. The second-order valence-electron chi connectivity index (χ2n) is 3.93. The molecule has 0 saturated carbocycles. The van der Waals surface area contributed by atoms with Gasteiger partial charge in [0.1, 0.15) is 16.7 Å². The highest BCUT2D eigenvalue weighted by Crippen LogP contribution is 2.26. The molecule has 0 aliphatic rings. The molecule has 19 heavy (non-hydrogen) atoms. The lowest BCUT2D eigenvalue weighted by molar-refractivity contribution is 0.335. The minimum absolute atomic E-state index is 0.0805. The van der Waals surface area contributed by atoms with Gasteiger partial charge >= 0.3 is 0 Å². The summed E-state index contributed by atoms with van der Waals surface area (Å²) in [6.45, 7) is 2.08. The van der Waals surface area contributed by atoms with Crippen molar-refractivity contribution in [2.75, 3.05) is 11.9 Å². The summed E-state index contributed by atoms with van der Waals surface area (Å²) >= 11 is 0. The number of para-hydroxylation sites is 1. The van der Waals surface area contributed by atoms with Crippen LogP contribution in [-0.4, -0.2) is 22.0 Å². The van der Waals surface area contributed by atoms with Gasteiger partial charge in [-0.1, -0.05) is 11.3 Å². The summed E-state index contributed by atoms with van der Waals surface area (Å²) < 4.78 is 5.14. The maximum absolute atomic E-state index is 11.5. The van der Waals surface area contributed by atoms with Crippen molar-refractivity contribution in [3.63, 3.8) is 0 Å². The molecule has 3 aromatic rings. The molecule has 0 bridgehead atoms. The molecular formula is C12H10N4O3. The number of aromatic amines is 1. The highest BCUT2D eigenvalue weighted by Gasteiger charge is 2.23. The molecule has 0 spiro atoms. The second-order valence-corrected chi connectivity index (χ2v) is 3.93. The zero-order valence-corrected chi connectivity index (χ0v) is 10.1. The minimum atomic E-state index is -0.598. The molecule has 0 atom stereocenters. The number of H-pyrrole nitrogens is 1. The number of nitrogens with zero attached hydrogens (tertiary/aromatic N) is 2. The first-order valence-electron chi connectivity index (χ1n) is 5.75. The quantitative estimate of drug-likeness (QED) is 0.668. The van der Waals surface area contributed by atoms with E-state index in [0.717, 1.165) is 0 Å². The van der Waals surface area contributed by atoms with Crippen LogP contribution in [0.25, 0.3) is 11.0 Å². The van der Waals surface area contributed by atoms with Crippen LogP contribution in [-0.2, 0) is 0 Å². The molecule has 96 valence electrons. The van der Waals surface area contributed by atoms with Crippen molar-refractivity contribution < 1.29 is 4.74 Å². The largest absolute Gasteiger partial charge is 0.488 e. The van der Waals surface area contributed by atoms with E-state index >= 15 is 0 Å². The number of nitrogens with one attached hydrogen (secondary N) is 2. The third-order valence-corrected chi connectivity index (χ3v) is 2.78. The van der Waals surface area contributed by atoms with Crippen molar-refractivity contribution in [2.24, 2.45) is 0 Å². The van der Waals surface area contributed by atoms with Gasteiger partial charge in [-0.2, -0.15) is 0 Å². The van der Waals surface area contributed by atoms with Crippen LogP contribution in [0.4, 0.5) is 11.4 Å². The second kappa shape index (κ2) is 4.20. The number of anilines is 2. The van der Waals surface area contributed by atoms with Crippen LogP contribution in [0.3, 0.4) is 0 Å². The van der Waals surface area contributed by atoms with Crippen LogP contribution in [0.15, 0.2) is 27.8 Å². The minimum Gasteiger partial charge on any atom is -0.488 e. The van der Waals surface area contributed by atoms with Gasteiger partial charge in [-0.3, -0.25) is 14.7 Å². The Hall–Kier alpha value is -2.70. The Bertz CT molecular complexity index is 814. The van der Waals surface area contributed by atoms with Gasteiger partial charge < -0.3 is 10.1 Å². The van der Waals surface area contributed by atoms with Crippen LogP contribution >= 0.6 is 0 Å². The molecule has 3 rings (SSSR count). The zero-order chi connectivity index (χ0) is 13.4. The maximum atomic E-state index is 11.5. The average Bonchev–Trinajstić information content (AvgIpc) is 2.91. The Labute approximate surface area is 106 Å². The Morgan fingerprint density at radius 1 is 1.32 bits per heavy atom. The van der Waals surface area contributed by atoms with Crippen molar-refractivity contribution in [3.05, 3.63) is 38.6 Å². The lowest BCUT2D eigenvalue weighted by Crippen LogP contribution is -2.35. The summed E-state index contributed by atoms with van der Waals surface area (Å²) in [4.78, 5) is 22.9. The van der Waals surface area contributed by atoms with E-state index in [9.17, 15) is 9.59 Å². The number of rotatable bonds is 4. The van der Waals surface area contributed by atoms with Crippen molar-refractivity contribution in [2.45, 2.75) is 6.92 Å². The molecule has 0 fully saturated rings.